The fourth-order valence-corrected chi connectivity index (χ4v) is 2.55. The zero-order chi connectivity index (χ0) is 16.1. The van der Waals surface area contributed by atoms with Gasteiger partial charge in [-0.1, -0.05) is 30.3 Å². The molecular weight excluding hydrogens is 290 g/mol. The monoisotopic (exact) mass is 309 g/mol. The molecule has 0 saturated carbocycles. The van der Waals surface area contributed by atoms with Gasteiger partial charge in [0, 0.05) is 23.6 Å². The molecule has 0 atom stereocenters. The summed E-state index contributed by atoms with van der Waals surface area (Å²) in [4.78, 5) is 12.1. The van der Waals surface area contributed by atoms with Gasteiger partial charge in [-0.3, -0.25) is 4.79 Å². The molecule has 4 nitrogen and oxygen atoms in total. The van der Waals surface area contributed by atoms with E-state index in [2.05, 4.69) is 17.4 Å². The van der Waals surface area contributed by atoms with E-state index < -0.39 is 0 Å². The Labute approximate surface area is 135 Å². The van der Waals surface area contributed by atoms with Crippen molar-refractivity contribution < 1.29 is 13.9 Å². The van der Waals surface area contributed by atoms with Crippen LogP contribution in [0.15, 0.2) is 59.2 Å². The summed E-state index contributed by atoms with van der Waals surface area (Å²) in [5.41, 5.74) is 2.84. The predicted octanol–water partition coefficient (Wildman–Crippen LogP) is 3.34. The highest BCUT2D eigenvalue weighted by atomic mass is 16.5. The van der Waals surface area contributed by atoms with Crippen LogP contribution in [0.25, 0.3) is 11.0 Å². The van der Waals surface area contributed by atoms with Crippen molar-refractivity contribution >= 4 is 16.9 Å². The Morgan fingerprint density at radius 2 is 2.00 bits per heavy atom. The average Bonchev–Trinajstić information content (AvgIpc) is 2.98. The van der Waals surface area contributed by atoms with E-state index in [-0.39, 0.29) is 5.91 Å². The van der Waals surface area contributed by atoms with E-state index >= 15 is 0 Å². The van der Waals surface area contributed by atoms with Crippen molar-refractivity contribution in [1.29, 1.82) is 0 Å². The van der Waals surface area contributed by atoms with Crippen LogP contribution in [0.5, 0.6) is 5.75 Å². The third-order valence-corrected chi connectivity index (χ3v) is 3.79. The summed E-state index contributed by atoms with van der Waals surface area (Å²) in [6.07, 6.45) is 2.78. The van der Waals surface area contributed by atoms with E-state index in [1.165, 1.54) is 5.56 Å². The molecule has 1 amide bonds. The Morgan fingerprint density at radius 1 is 1.17 bits per heavy atom. The van der Waals surface area contributed by atoms with Crippen LogP contribution in [0.1, 0.15) is 11.1 Å². The molecule has 0 bridgehead atoms. The number of hydrogen-bond donors (Lipinski definition) is 1. The molecule has 0 aliphatic carbocycles. The molecule has 0 fully saturated rings. The Morgan fingerprint density at radius 3 is 2.78 bits per heavy atom. The van der Waals surface area contributed by atoms with Gasteiger partial charge < -0.3 is 14.5 Å². The Balaban J connectivity index is 1.57. The smallest absolute Gasteiger partial charge is 0.224 e. The molecule has 3 rings (SSSR count). The van der Waals surface area contributed by atoms with E-state index in [9.17, 15) is 4.79 Å². The van der Waals surface area contributed by atoms with Crippen molar-refractivity contribution in [3.8, 4) is 5.75 Å². The number of carbonyl (C=O) groups excluding carboxylic acids is 1. The number of benzene rings is 2. The lowest BCUT2D eigenvalue weighted by molar-refractivity contribution is -0.120. The maximum atomic E-state index is 12.1. The summed E-state index contributed by atoms with van der Waals surface area (Å²) in [6, 6.07) is 15.7. The van der Waals surface area contributed by atoms with Gasteiger partial charge in [0.05, 0.1) is 19.8 Å². The van der Waals surface area contributed by atoms with Crippen molar-refractivity contribution in [2.75, 3.05) is 13.7 Å². The van der Waals surface area contributed by atoms with Crippen molar-refractivity contribution in [2.24, 2.45) is 0 Å². The number of methoxy groups -OCH3 is 1. The maximum absolute atomic E-state index is 12.1. The summed E-state index contributed by atoms with van der Waals surface area (Å²) < 4.78 is 10.7. The van der Waals surface area contributed by atoms with Crippen LogP contribution in [-0.4, -0.2) is 19.6 Å². The molecule has 1 aromatic heterocycles. The van der Waals surface area contributed by atoms with Crippen LogP contribution in [0, 0.1) is 0 Å². The van der Waals surface area contributed by atoms with Crippen molar-refractivity contribution in [1.82, 2.24) is 5.32 Å². The first-order chi connectivity index (χ1) is 11.3. The molecular formula is C19H19NO3. The van der Waals surface area contributed by atoms with Crippen LogP contribution in [0.4, 0.5) is 0 Å². The second-order valence-corrected chi connectivity index (χ2v) is 5.39. The number of rotatable bonds is 6. The molecule has 0 unspecified atom stereocenters. The lowest BCUT2D eigenvalue weighted by Crippen LogP contribution is -2.27. The number of fused-ring (bicyclic) bond motifs is 1. The van der Waals surface area contributed by atoms with Crippen LogP contribution < -0.4 is 10.1 Å². The average molecular weight is 309 g/mol. The summed E-state index contributed by atoms with van der Waals surface area (Å²) in [6.45, 7) is 0.631. The Kier molecular flexibility index (Phi) is 4.62. The van der Waals surface area contributed by atoms with Gasteiger partial charge in [-0.25, -0.2) is 0 Å². The first kappa shape index (κ1) is 15.2. The Hall–Kier alpha value is -2.75. The minimum absolute atomic E-state index is 0.000510. The number of hydrogen-bond acceptors (Lipinski definition) is 3. The summed E-state index contributed by atoms with van der Waals surface area (Å²) in [5.74, 6) is 0.741. The number of carbonyl (C=O) groups is 1. The zero-order valence-electron chi connectivity index (χ0n) is 13.0. The van der Waals surface area contributed by atoms with Gasteiger partial charge in [-0.15, -0.1) is 0 Å². The lowest BCUT2D eigenvalue weighted by atomic mass is 10.1. The first-order valence-electron chi connectivity index (χ1n) is 7.61. The molecule has 0 radical (unpaired) electrons. The third kappa shape index (κ3) is 3.72. The van der Waals surface area contributed by atoms with E-state index in [0.29, 0.717) is 13.0 Å². The summed E-state index contributed by atoms with van der Waals surface area (Å²) in [5, 5.41) is 3.90. The normalized spacial score (nSPS) is 10.7. The molecule has 2 aromatic carbocycles. The van der Waals surface area contributed by atoms with Crippen molar-refractivity contribution in [2.45, 2.75) is 12.8 Å². The first-order valence-corrected chi connectivity index (χ1v) is 7.61. The van der Waals surface area contributed by atoms with Gasteiger partial charge in [0.2, 0.25) is 5.91 Å². The van der Waals surface area contributed by atoms with Crippen LogP contribution in [0.2, 0.25) is 0 Å². The summed E-state index contributed by atoms with van der Waals surface area (Å²) in [7, 11) is 1.62. The largest absolute Gasteiger partial charge is 0.497 e. The fraction of sp³-hybridized carbons (Fsp3) is 0.211. The van der Waals surface area contributed by atoms with Gasteiger partial charge in [-0.2, -0.15) is 0 Å². The highest BCUT2D eigenvalue weighted by Gasteiger charge is 2.11. The second kappa shape index (κ2) is 7.01. The number of ether oxygens (including phenoxy) is 1. The molecule has 23 heavy (non-hydrogen) atoms. The number of amides is 1. The van der Waals surface area contributed by atoms with Crippen molar-refractivity contribution in [3.63, 3.8) is 0 Å². The lowest BCUT2D eigenvalue weighted by Gasteiger charge is -2.05. The standard InChI is InChI=1S/C19H19NO3/c1-22-16-7-8-17-15(13-23-18(17)12-16)11-19(21)20-10-9-14-5-3-2-4-6-14/h2-8,12-13H,9-11H2,1H3,(H,20,21). The molecule has 4 heteroatoms. The van der Waals surface area contributed by atoms with E-state index in [1.54, 1.807) is 13.4 Å². The van der Waals surface area contributed by atoms with Gasteiger partial charge in [0.25, 0.3) is 0 Å². The number of furan rings is 1. The summed E-state index contributed by atoms with van der Waals surface area (Å²) >= 11 is 0. The van der Waals surface area contributed by atoms with E-state index in [4.69, 9.17) is 9.15 Å². The molecule has 1 heterocycles. The molecule has 0 spiro atoms. The third-order valence-electron chi connectivity index (χ3n) is 3.79. The SMILES string of the molecule is COc1ccc2c(CC(=O)NCCc3ccccc3)coc2c1. The molecule has 3 aromatic rings. The number of nitrogens with one attached hydrogen (secondary N) is 1. The van der Waals surface area contributed by atoms with Crippen molar-refractivity contribution in [3.05, 3.63) is 65.9 Å². The molecule has 0 aliphatic heterocycles. The van der Waals surface area contributed by atoms with Crippen LogP contribution in [0.3, 0.4) is 0 Å². The second-order valence-electron chi connectivity index (χ2n) is 5.39. The van der Waals surface area contributed by atoms with Gasteiger partial charge in [-0.05, 0) is 24.1 Å². The van der Waals surface area contributed by atoms with E-state index in [0.717, 1.165) is 28.7 Å². The van der Waals surface area contributed by atoms with Crippen LogP contribution >= 0.6 is 0 Å². The molecule has 0 saturated heterocycles. The predicted molar refractivity (Wildman–Crippen MR) is 89.6 cm³/mol. The quantitative estimate of drug-likeness (QED) is 0.760. The zero-order valence-corrected chi connectivity index (χ0v) is 13.0. The Bertz CT molecular complexity index is 793. The maximum Gasteiger partial charge on any atom is 0.224 e. The molecule has 118 valence electrons. The highest BCUT2D eigenvalue weighted by Crippen LogP contribution is 2.25. The van der Waals surface area contributed by atoms with Crippen LogP contribution in [-0.2, 0) is 17.6 Å². The van der Waals surface area contributed by atoms with Gasteiger partial charge >= 0.3 is 0 Å². The minimum Gasteiger partial charge on any atom is -0.497 e. The highest BCUT2D eigenvalue weighted by molar-refractivity contribution is 5.88. The molecule has 1 N–H and O–H groups in total. The van der Waals surface area contributed by atoms with Gasteiger partial charge in [0.1, 0.15) is 11.3 Å². The van der Waals surface area contributed by atoms with E-state index in [1.807, 2.05) is 36.4 Å². The topological polar surface area (TPSA) is 51.5 Å². The minimum atomic E-state index is -0.000510. The van der Waals surface area contributed by atoms with Gasteiger partial charge in [0.15, 0.2) is 0 Å². The molecule has 0 aliphatic rings. The fourth-order valence-electron chi connectivity index (χ4n) is 2.55.